The zero-order valence-electron chi connectivity index (χ0n) is 11.9. The fourth-order valence-corrected chi connectivity index (χ4v) is 3.27. The van der Waals surface area contributed by atoms with Crippen LogP contribution >= 0.6 is 11.3 Å². The van der Waals surface area contributed by atoms with E-state index >= 15 is 0 Å². The van der Waals surface area contributed by atoms with E-state index in [9.17, 15) is 14.7 Å². The molecule has 1 unspecified atom stereocenters. The molecule has 1 aliphatic rings. The first-order valence-corrected chi connectivity index (χ1v) is 7.66. The van der Waals surface area contributed by atoms with Gasteiger partial charge in [0.15, 0.2) is 6.04 Å². The zero-order valence-corrected chi connectivity index (χ0v) is 12.8. The molecule has 116 valence electrons. The Kier molecular flexibility index (Phi) is 4.00. The molecule has 6 nitrogen and oxygen atoms in total. The lowest BCUT2D eigenvalue weighted by atomic mass is 10.2. The number of rotatable bonds is 3. The molecule has 2 aromatic rings. The summed E-state index contributed by atoms with van der Waals surface area (Å²) in [7, 11) is 0. The highest BCUT2D eigenvalue weighted by Gasteiger charge is 2.33. The van der Waals surface area contributed by atoms with Gasteiger partial charge in [-0.1, -0.05) is 0 Å². The minimum atomic E-state index is -1.05. The Hall–Kier alpha value is -2.12. The second kappa shape index (κ2) is 5.94. The van der Waals surface area contributed by atoms with Crippen LogP contribution in [0.5, 0.6) is 0 Å². The Morgan fingerprint density at radius 1 is 1.32 bits per heavy atom. The van der Waals surface area contributed by atoms with Crippen molar-refractivity contribution in [3.05, 3.63) is 34.9 Å². The predicted molar refractivity (Wildman–Crippen MR) is 80.0 cm³/mol. The van der Waals surface area contributed by atoms with Gasteiger partial charge in [-0.3, -0.25) is 4.79 Å². The number of carboxylic acid groups (broad SMARTS) is 1. The lowest BCUT2D eigenvalue weighted by Gasteiger charge is -2.32. The third-order valence-electron chi connectivity index (χ3n) is 3.47. The van der Waals surface area contributed by atoms with Gasteiger partial charge in [0.25, 0.3) is 5.91 Å². The Balaban J connectivity index is 1.83. The largest absolute Gasteiger partial charge is 0.480 e. The van der Waals surface area contributed by atoms with Crippen LogP contribution in [-0.2, 0) is 9.53 Å². The number of furan rings is 1. The molecular formula is C15H15NO5S. The van der Waals surface area contributed by atoms with Crippen molar-refractivity contribution in [3.63, 3.8) is 0 Å². The van der Waals surface area contributed by atoms with Crippen molar-refractivity contribution in [2.24, 2.45) is 0 Å². The molecule has 0 radical (unpaired) electrons. The molecule has 0 bridgehead atoms. The molecular weight excluding hydrogens is 306 g/mol. The maximum absolute atomic E-state index is 12.6. The van der Waals surface area contributed by atoms with Gasteiger partial charge in [-0.25, -0.2) is 4.79 Å². The molecule has 3 rings (SSSR count). The summed E-state index contributed by atoms with van der Waals surface area (Å²) in [6, 6.07) is 6.29. The van der Waals surface area contributed by atoms with Gasteiger partial charge in [-0.2, -0.15) is 0 Å². The average molecular weight is 321 g/mol. The van der Waals surface area contributed by atoms with Gasteiger partial charge in [0.05, 0.1) is 23.0 Å². The van der Waals surface area contributed by atoms with Gasteiger partial charge in [0.1, 0.15) is 11.5 Å². The number of thiophene rings is 1. The second-order valence-electron chi connectivity index (χ2n) is 5.00. The van der Waals surface area contributed by atoms with E-state index in [1.165, 1.54) is 16.2 Å². The number of aliphatic carboxylic acids is 1. The van der Waals surface area contributed by atoms with E-state index < -0.39 is 12.0 Å². The average Bonchev–Trinajstić information content (AvgIpc) is 3.15. The molecule has 22 heavy (non-hydrogen) atoms. The first-order chi connectivity index (χ1) is 10.6. The Morgan fingerprint density at radius 3 is 2.82 bits per heavy atom. The van der Waals surface area contributed by atoms with Crippen LogP contribution in [0.25, 0.3) is 10.6 Å². The molecule has 3 heterocycles. The number of carbonyl (C=O) groups excluding carboxylic acids is 1. The van der Waals surface area contributed by atoms with E-state index in [0.29, 0.717) is 17.2 Å². The van der Waals surface area contributed by atoms with Crippen LogP contribution in [0.4, 0.5) is 0 Å². The second-order valence-corrected chi connectivity index (χ2v) is 6.09. The molecule has 1 amide bonds. The van der Waals surface area contributed by atoms with Crippen molar-refractivity contribution >= 4 is 23.2 Å². The van der Waals surface area contributed by atoms with Crippen molar-refractivity contribution in [2.45, 2.75) is 13.0 Å². The molecule has 1 fully saturated rings. The number of carboxylic acids is 1. The Morgan fingerprint density at radius 2 is 2.14 bits per heavy atom. The van der Waals surface area contributed by atoms with Gasteiger partial charge in [-0.15, -0.1) is 11.3 Å². The number of amides is 1. The topological polar surface area (TPSA) is 80.0 Å². The summed E-state index contributed by atoms with van der Waals surface area (Å²) in [6.45, 7) is 2.51. The molecule has 0 saturated carbocycles. The third-order valence-corrected chi connectivity index (χ3v) is 4.56. The van der Waals surface area contributed by atoms with E-state index in [2.05, 4.69) is 0 Å². The monoisotopic (exact) mass is 321 g/mol. The van der Waals surface area contributed by atoms with Crippen LogP contribution in [0, 0.1) is 6.92 Å². The number of hydrogen-bond donors (Lipinski definition) is 1. The summed E-state index contributed by atoms with van der Waals surface area (Å²) in [6.07, 6.45) is 0. The normalized spacial score (nSPS) is 18.4. The molecule has 1 aliphatic heterocycles. The van der Waals surface area contributed by atoms with Gasteiger partial charge in [0, 0.05) is 6.54 Å². The minimum absolute atomic E-state index is 0.0245. The van der Waals surface area contributed by atoms with Crippen LogP contribution in [0.3, 0.4) is 0 Å². The number of nitrogens with zero attached hydrogens (tertiary/aromatic N) is 1. The Labute approximate surface area is 130 Å². The van der Waals surface area contributed by atoms with Crippen LogP contribution in [0.2, 0.25) is 0 Å². The van der Waals surface area contributed by atoms with E-state index in [1.807, 2.05) is 25.1 Å². The summed E-state index contributed by atoms with van der Waals surface area (Å²) in [4.78, 5) is 26.5. The summed E-state index contributed by atoms with van der Waals surface area (Å²) in [5, 5.41) is 9.20. The first kappa shape index (κ1) is 14.8. The smallest absolute Gasteiger partial charge is 0.328 e. The number of hydrogen-bond acceptors (Lipinski definition) is 5. The molecule has 0 aliphatic carbocycles. The summed E-state index contributed by atoms with van der Waals surface area (Å²) >= 11 is 1.30. The van der Waals surface area contributed by atoms with E-state index in [0.717, 1.165) is 10.6 Å². The van der Waals surface area contributed by atoms with Gasteiger partial charge < -0.3 is 19.2 Å². The third kappa shape index (κ3) is 2.77. The maximum Gasteiger partial charge on any atom is 0.328 e. The molecule has 0 spiro atoms. The van der Waals surface area contributed by atoms with Crippen molar-refractivity contribution in [1.82, 2.24) is 4.90 Å². The standard InChI is InChI=1S/C15H15NO5S/c1-9-2-3-11(21-9)12-4-5-13(22-12)14(17)16-6-7-20-8-10(16)15(18)19/h2-5,10H,6-8H2,1H3,(H,18,19). The molecule has 1 saturated heterocycles. The molecule has 2 aromatic heterocycles. The van der Waals surface area contributed by atoms with Crippen molar-refractivity contribution in [1.29, 1.82) is 0 Å². The summed E-state index contributed by atoms with van der Waals surface area (Å²) in [5.74, 6) is 0.176. The highest BCUT2D eigenvalue weighted by Crippen LogP contribution is 2.30. The van der Waals surface area contributed by atoms with Crippen LogP contribution in [-0.4, -0.2) is 47.7 Å². The Bertz CT molecular complexity index is 704. The van der Waals surface area contributed by atoms with Gasteiger partial charge in [-0.05, 0) is 31.2 Å². The summed E-state index contributed by atoms with van der Waals surface area (Å²) in [5.41, 5.74) is 0. The predicted octanol–water partition coefficient (Wildman–Crippen LogP) is 2.24. The van der Waals surface area contributed by atoms with E-state index in [-0.39, 0.29) is 19.1 Å². The lowest BCUT2D eigenvalue weighted by Crippen LogP contribution is -2.52. The minimum Gasteiger partial charge on any atom is -0.480 e. The first-order valence-electron chi connectivity index (χ1n) is 6.84. The molecule has 0 aromatic carbocycles. The van der Waals surface area contributed by atoms with Crippen LogP contribution in [0.1, 0.15) is 15.4 Å². The highest BCUT2D eigenvalue weighted by molar-refractivity contribution is 7.17. The van der Waals surface area contributed by atoms with E-state index in [1.54, 1.807) is 6.07 Å². The van der Waals surface area contributed by atoms with Gasteiger partial charge >= 0.3 is 5.97 Å². The van der Waals surface area contributed by atoms with Crippen molar-refractivity contribution in [2.75, 3.05) is 19.8 Å². The quantitative estimate of drug-likeness (QED) is 0.938. The molecule has 1 atom stereocenters. The van der Waals surface area contributed by atoms with E-state index in [4.69, 9.17) is 9.15 Å². The fraction of sp³-hybridized carbons (Fsp3) is 0.333. The number of aryl methyl sites for hydroxylation is 1. The fourth-order valence-electron chi connectivity index (χ4n) is 2.35. The zero-order chi connectivity index (χ0) is 15.7. The van der Waals surface area contributed by atoms with Crippen LogP contribution in [0.15, 0.2) is 28.7 Å². The van der Waals surface area contributed by atoms with Crippen molar-refractivity contribution in [3.8, 4) is 10.6 Å². The lowest BCUT2D eigenvalue weighted by molar-refractivity contribution is -0.147. The van der Waals surface area contributed by atoms with Crippen molar-refractivity contribution < 1.29 is 23.8 Å². The molecule has 1 N–H and O–H groups in total. The number of carbonyl (C=O) groups is 2. The molecule has 7 heteroatoms. The summed E-state index contributed by atoms with van der Waals surface area (Å²) < 4.78 is 10.7. The highest BCUT2D eigenvalue weighted by atomic mass is 32.1. The SMILES string of the molecule is Cc1ccc(-c2ccc(C(=O)N3CCOCC3C(=O)O)s2)o1. The maximum atomic E-state index is 12.6. The van der Waals surface area contributed by atoms with Gasteiger partial charge in [0.2, 0.25) is 0 Å². The number of morpholine rings is 1. The van der Waals surface area contributed by atoms with Crippen LogP contribution < -0.4 is 0 Å². The number of ether oxygens (including phenoxy) is 1.